The van der Waals surface area contributed by atoms with Crippen molar-refractivity contribution in [3.05, 3.63) is 34.9 Å². The Balaban J connectivity index is 1.48. The van der Waals surface area contributed by atoms with Gasteiger partial charge in [-0.05, 0) is 23.5 Å². The summed E-state index contributed by atoms with van der Waals surface area (Å²) in [5.41, 5.74) is 1.16. The normalized spacial score (nSPS) is 23.3. The quantitative estimate of drug-likeness (QED) is 0.764. The molecule has 2 fully saturated rings. The zero-order valence-corrected chi connectivity index (χ0v) is 14.7. The molecule has 2 saturated heterocycles. The lowest BCUT2D eigenvalue weighted by Gasteiger charge is -2.22. The summed E-state index contributed by atoms with van der Waals surface area (Å²) >= 11 is 6.24. The van der Waals surface area contributed by atoms with Crippen LogP contribution in [0, 0.1) is 11.8 Å². The minimum atomic E-state index is -0.325. The number of carbonyl (C=O) groups excluding carboxylic acids is 2. The number of hydrogen-bond donors (Lipinski definition) is 0. The lowest BCUT2D eigenvalue weighted by molar-refractivity contribution is -0.143. The van der Waals surface area contributed by atoms with Crippen LogP contribution < -0.4 is 0 Å². The molecule has 0 N–H and O–H groups in total. The van der Waals surface area contributed by atoms with Crippen LogP contribution in [-0.2, 0) is 20.9 Å². The highest BCUT2D eigenvalue weighted by atomic mass is 35.5. The van der Waals surface area contributed by atoms with Gasteiger partial charge in [0.05, 0.1) is 13.5 Å². The van der Waals surface area contributed by atoms with E-state index in [9.17, 15) is 9.59 Å². The van der Waals surface area contributed by atoms with Gasteiger partial charge in [-0.2, -0.15) is 0 Å². The number of likely N-dealkylation sites (tertiary alicyclic amines) is 2. The molecule has 1 amide bonds. The fourth-order valence-electron chi connectivity index (χ4n) is 3.76. The van der Waals surface area contributed by atoms with Crippen molar-refractivity contribution in [1.82, 2.24) is 9.80 Å². The molecule has 0 saturated carbocycles. The Kier molecular flexibility index (Phi) is 5.41. The van der Waals surface area contributed by atoms with Gasteiger partial charge in [0.2, 0.25) is 5.91 Å². The topological polar surface area (TPSA) is 49.9 Å². The van der Waals surface area contributed by atoms with Crippen molar-refractivity contribution in [1.29, 1.82) is 0 Å². The third-order valence-electron chi connectivity index (χ3n) is 5.04. The van der Waals surface area contributed by atoms with E-state index >= 15 is 0 Å². The Hall–Kier alpha value is -1.59. The molecule has 3 rings (SSSR count). The Morgan fingerprint density at radius 3 is 2.42 bits per heavy atom. The second-order valence-corrected chi connectivity index (χ2v) is 7.09. The Morgan fingerprint density at radius 1 is 1.12 bits per heavy atom. The van der Waals surface area contributed by atoms with Crippen LogP contribution >= 0.6 is 11.6 Å². The summed E-state index contributed by atoms with van der Waals surface area (Å²) in [4.78, 5) is 27.7. The molecule has 130 valence electrons. The number of methoxy groups -OCH3 is 1. The lowest BCUT2D eigenvalue weighted by atomic mass is 10.0. The fraction of sp³-hybridized carbons (Fsp3) is 0.556. The number of nitrogens with zero attached hydrogens (tertiary/aromatic N) is 2. The molecule has 0 unspecified atom stereocenters. The molecule has 0 aliphatic carbocycles. The maximum Gasteiger partial charge on any atom is 0.306 e. The summed E-state index contributed by atoms with van der Waals surface area (Å²) in [6.07, 6.45) is 0.412. The van der Waals surface area contributed by atoms with E-state index in [0.717, 1.165) is 43.3 Å². The molecule has 2 aliphatic heterocycles. The molecule has 1 aromatic rings. The van der Waals surface area contributed by atoms with E-state index in [2.05, 4.69) is 15.7 Å². The Morgan fingerprint density at radius 2 is 1.79 bits per heavy atom. The predicted molar refractivity (Wildman–Crippen MR) is 91.5 cm³/mol. The van der Waals surface area contributed by atoms with Gasteiger partial charge in [0.25, 0.3) is 0 Å². The van der Waals surface area contributed by atoms with Gasteiger partial charge in [0, 0.05) is 44.2 Å². The summed E-state index contributed by atoms with van der Waals surface area (Å²) in [7, 11) is 1.35. The summed E-state index contributed by atoms with van der Waals surface area (Å²) in [5, 5.41) is 0.814. The first-order chi connectivity index (χ1) is 11.6. The number of halogens is 1. The van der Waals surface area contributed by atoms with Gasteiger partial charge < -0.3 is 9.64 Å². The minimum absolute atomic E-state index is 0.0625. The summed E-state index contributed by atoms with van der Waals surface area (Å²) < 4.78 is 4.59. The third-order valence-corrected chi connectivity index (χ3v) is 5.41. The molecule has 1 aromatic carbocycles. The summed E-state index contributed by atoms with van der Waals surface area (Å²) in [6, 6.07) is 7.96. The van der Waals surface area contributed by atoms with Gasteiger partial charge in [0.15, 0.2) is 0 Å². The smallest absolute Gasteiger partial charge is 0.306 e. The van der Waals surface area contributed by atoms with E-state index in [1.165, 1.54) is 7.11 Å². The molecule has 0 radical (unpaired) electrons. The first-order valence-electron chi connectivity index (χ1n) is 8.37. The summed E-state index contributed by atoms with van der Waals surface area (Å²) in [6.45, 7) is 4.45. The van der Waals surface area contributed by atoms with E-state index in [-0.39, 0.29) is 24.7 Å². The van der Waals surface area contributed by atoms with E-state index < -0.39 is 0 Å². The van der Waals surface area contributed by atoms with Crippen molar-refractivity contribution < 1.29 is 14.3 Å². The number of ether oxygens (including phenoxy) is 1. The second kappa shape index (κ2) is 7.53. The number of esters is 1. The van der Waals surface area contributed by atoms with Crippen molar-refractivity contribution in [3.63, 3.8) is 0 Å². The van der Waals surface area contributed by atoms with Crippen LogP contribution in [0.3, 0.4) is 0 Å². The highest BCUT2D eigenvalue weighted by Gasteiger charge is 2.41. The molecule has 0 spiro atoms. The van der Waals surface area contributed by atoms with Gasteiger partial charge in [-0.25, -0.2) is 0 Å². The van der Waals surface area contributed by atoms with Gasteiger partial charge in [-0.3, -0.25) is 14.5 Å². The molecule has 24 heavy (non-hydrogen) atoms. The van der Waals surface area contributed by atoms with Crippen LogP contribution in [0.5, 0.6) is 0 Å². The largest absolute Gasteiger partial charge is 0.469 e. The Labute approximate surface area is 147 Å². The maximum atomic E-state index is 12.2. The zero-order chi connectivity index (χ0) is 17.1. The van der Waals surface area contributed by atoms with E-state index in [4.69, 9.17) is 11.6 Å². The molecule has 2 aliphatic rings. The van der Waals surface area contributed by atoms with Gasteiger partial charge >= 0.3 is 5.97 Å². The summed E-state index contributed by atoms with van der Waals surface area (Å²) in [5.74, 6) is 0.783. The molecular weight excluding hydrogens is 328 g/mol. The molecular formula is C18H23ClN2O3. The monoisotopic (exact) mass is 350 g/mol. The molecule has 2 heterocycles. The second-order valence-electron chi connectivity index (χ2n) is 6.68. The van der Waals surface area contributed by atoms with E-state index in [1.807, 2.05) is 23.1 Å². The molecule has 0 bridgehead atoms. The molecule has 6 heteroatoms. The maximum absolute atomic E-state index is 12.2. The number of hydrogen-bond acceptors (Lipinski definition) is 4. The zero-order valence-electron chi connectivity index (χ0n) is 13.9. The average molecular weight is 351 g/mol. The number of fused-ring (bicyclic) bond motifs is 1. The number of carbonyl (C=O) groups is 2. The number of rotatable bonds is 5. The van der Waals surface area contributed by atoms with Crippen molar-refractivity contribution in [2.75, 3.05) is 33.3 Å². The van der Waals surface area contributed by atoms with Crippen molar-refractivity contribution in [2.45, 2.75) is 19.4 Å². The standard InChI is InChI=1S/C18H23ClN2O3/c1-24-18(23)7-6-17(22)21-11-14-9-20(10-15(14)12-21)8-13-4-2-3-5-16(13)19/h2-5,14-15H,6-12H2,1H3/t14-,15-/m1/s1. The van der Waals surface area contributed by atoms with Crippen LogP contribution in [0.25, 0.3) is 0 Å². The third kappa shape index (κ3) is 3.90. The fourth-order valence-corrected chi connectivity index (χ4v) is 3.96. The van der Waals surface area contributed by atoms with Crippen LogP contribution in [0.15, 0.2) is 24.3 Å². The van der Waals surface area contributed by atoms with Crippen LogP contribution in [-0.4, -0.2) is 55.0 Å². The SMILES string of the molecule is COC(=O)CCC(=O)N1C[C@H]2CN(Cc3ccccc3Cl)C[C@@H]2C1. The lowest BCUT2D eigenvalue weighted by Crippen LogP contribution is -2.33. The van der Waals surface area contributed by atoms with Crippen LogP contribution in [0.2, 0.25) is 5.02 Å². The van der Waals surface area contributed by atoms with Gasteiger partial charge in [-0.15, -0.1) is 0 Å². The molecule has 0 aromatic heterocycles. The van der Waals surface area contributed by atoms with Crippen molar-refractivity contribution in [2.24, 2.45) is 11.8 Å². The Bertz CT molecular complexity index is 608. The van der Waals surface area contributed by atoms with Crippen molar-refractivity contribution in [3.8, 4) is 0 Å². The van der Waals surface area contributed by atoms with Crippen LogP contribution in [0.4, 0.5) is 0 Å². The average Bonchev–Trinajstić information content (AvgIpc) is 3.12. The number of benzene rings is 1. The van der Waals surface area contributed by atoms with E-state index in [1.54, 1.807) is 0 Å². The highest BCUT2D eigenvalue weighted by Crippen LogP contribution is 2.33. The van der Waals surface area contributed by atoms with Gasteiger partial charge in [-0.1, -0.05) is 29.8 Å². The molecule has 5 nitrogen and oxygen atoms in total. The van der Waals surface area contributed by atoms with Gasteiger partial charge in [0.1, 0.15) is 0 Å². The number of amides is 1. The van der Waals surface area contributed by atoms with Crippen molar-refractivity contribution >= 4 is 23.5 Å². The first-order valence-corrected chi connectivity index (χ1v) is 8.75. The van der Waals surface area contributed by atoms with Crippen LogP contribution in [0.1, 0.15) is 18.4 Å². The molecule has 2 atom stereocenters. The highest BCUT2D eigenvalue weighted by molar-refractivity contribution is 6.31. The predicted octanol–water partition coefficient (Wildman–Crippen LogP) is 2.18. The first kappa shape index (κ1) is 17.2. The minimum Gasteiger partial charge on any atom is -0.469 e. The van der Waals surface area contributed by atoms with E-state index in [0.29, 0.717) is 11.8 Å².